The maximum Gasteiger partial charge on any atom is 0.136 e. The summed E-state index contributed by atoms with van der Waals surface area (Å²) in [6.07, 6.45) is 3.07. The maximum absolute atomic E-state index is 5.44. The zero-order chi connectivity index (χ0) is 18.7. The largest absolute Gasteiger partial charge is 0.497 e. The monoisotopic (exact) mass is 354 g/mol. The smallest absolute Gasteiger partial charge is 0.136 e. The van der Waals surface area contributed by atoms with Crippen molar-refractivity contribution in [2.24, 2.45) is 7.05 Å². The van der Waals surface area contributed by atoms with E-state index in [0.29, 0.717) is 0 Å². The lowest BCUT2D eigenvalue weighted by molar-refractivity contribution is 0.303. The summed E-state index contributed by atoms with van der Waals surface area (Å²) in [5.74, 6) is 1.84. The molecule has 0 saturated carbocycles. The second-order valence-corrected chi connectivity index (χ2v) is 6.76. The summed E-state index contributed by atoms with van der Waals surface area (Å²) in [5, 5.41) is 5.94. The third kappa shape index (κ3) is 3.36. The zero-order valence-electron chi connectivity index (χ0n) is 16.6. The van der Waals surface area contributed by atoms with Gasteiger partial charge in [0.15, 0.2) is 0 Å². The average Bonchev–Trinajstić information content (AvgIpc) is 2.96. The van der Waals surface area contributed by atoms with Gasteiger partial charge < -0.3 is 19.5 Å². The third-order valence-corrected chi connectivity index (χ3v) is 5.24. The van der Waals surface area contributed by atoms with E-state index in [1.54, 1.807) is 7.11 Å². The number of ether oxygens (including phenoxy) is 1. The second-order valence-electron chi connectivity index (χ2n) is 6.76. The first-order chi connectivity index (χ1) is 12.6. The number of nitrogens with zero attached hydrogens (tertiary/aromatic N) is 3. The van der Waals surface area contributed by atoms with Crippen LogP contribution in [0.2, 0.25) is 0 Å². The van der Waals surface area contributed by atoms with Crippen molar-refractivity contribution in [1.82, 2.24) is 14.5 Å². The highest BCUT2D eigenvalue weighted by atomic mass is 16.5. The molecule has 2 aromatic heterocycles. The summed E-state index contributed by atoms with van der Waals surface area (Å²) < 4.78 is 7.70. The molecule has 0 radical (unpaired) electrons. The number of benzene rings is 1. The maximum atomic E-state index is 5.44. The molecule has 26 heavy (non-hydrogen) atoms. The molecule has 3 rings (SSSR count). The fourth-order valence-corrected chi connectivity index (χ4v) is 3.72. The Kier molecular flexibility index (Phi) is 5.67. The topological polar surface area (TPSA) is 42.3 Å². The summed E-state index contributed by atoms with van der Waals surface area (Å²) in [6, 6.07) is 6.25. The van der Waals surface area contributed by atoms with Gasteiger partial charge in [-0.05, 0) is 56.7 Å². The van der Waals surface area contributed by atoms with Crippen molar-refractivity contribution in [3.8, 4) is 5.75 Å². The highest BCUT2D eigenvalue weighted by molar-refractivity contribution is 6.14. The molecular formula is C21H30N4O. The van der Waals surface area contributed by atoms with E-state index in [4.69, 9.17) is 9.72 Å². The normalized spacial score (nSPS) is 11.6. The summed E-state index contributed by atoms with van der Waals surface area (Å²) in [6.45, 7) is 10.8. The third-order valence-electron chi connectivity index (χ3n) is 5.24. The van der Waals surface area contributed by atoms with Crippen LogP contribution in [-0.4, -0.2) is 47.7 Å². The molecule has 3 aromatic rings. The van der Waals surface area contributed by atoms with Gasteiger partial charge in [-0.2, -0.15) is 0 Å². The number of hydrogen-bond acceptors (Lipinski definition) is 4. The lowest BCUT2D eigenvalue weighted by atomic mass is 10.1. The number of aryl methyl sites for hydroxylation is 2. The van der Waals surface area contributed by atoms with E-state index in [-0.39, 0.29) is 0 Å². The predicted octanol–water partition coefficient (Wildman–Crippen LogP) is 4.19. The van der Waals surface area contributed by atoms with Gasteiger partial charge in [0.05, 0.1) is 18.0 Å². The standard InChI is InChI=1S/C21H30N4O/c1-6-25(7-2)12-8-11-22-21-19-17-13-16(26-5)9-10-18(17)24(4)20(19)15(3)14-23-21/h9-10,13-14H,6-8,11-12H2,1-5H3,(H,22,23). The molecule has 1 N–H and O–H groups in total. The van der Waals surface area contributed by atoms with Crippen molar-refractivity contribution in [3.05, 3.63) is 30.0 Å². The van der Waals surface area contributed by atoms with Crippen LogP contribution in [0.1, 0.15) is 25.8 Å². The quantitative estimate of drug-likeness (QED) is 0.616. The Bertz CT molecular complexity index is 896. The van der Waals surface area contributed by atoms with E-state index in [1.165, 1.54) is 27.4 Å². The summed E-state index contributed by atoms with van der Waals surface area (Å²) in [7, 11) is 3.83. The van der Waals surface area contributed by atoms with Crippen molar-refractivity contribution in [2.75, 3.05) is 38.6 Å². The lowest BCUT2D eigenvalue weighted by Crippen LogP contribution is -2.25. The van der Waals surface area contributed by atoms with E-state index in [0.717, 1.165) is 44.2 Å². The van der Waals surface area contributed by atoms with Crippen LogP contribution in [0.4, 0.5) is 5.82 Å². The summed E-state index contributed by atoms with van der Waals surface area (Å²) in [5.41, 5.74) is 3.61. The van der Waals surface area contributed by atoms with Crippen LogP contribution >= 0.6 is 0 Å². The molecule has 0 unspecified atom stereocenters. The van der Waals surface area contributed by atoms with E-state index in [9.17, 15) is 0 Å². The second kappa shape index (κ2) is 7.96. The highest BCUT2D eigenvalue weighted by Gasteiger charge is 2.15. The van der Waals surface area contributed by atoms with Crippen molar-refractivity contribution in [3.63, 3.8) is 0 Å². The lowest BCUT2D eigenvalue weighted by Gasteiger charge is -2.18. The molecule has 0 atom stereocenters. The molecule has 0 aliphatic rings. The number of fused-ring (bicyclic) bond motifs is 3. The minimum atomic E-state index is 0.874. The first-order valence-corrected chi connectivity index (χ1v) is 9.48. The first kappa shape index (κ1) is 18.5. The molecule has 0 spiro atoms. The van der Waals surface area contributed by atoms with Gasteiger partial charge in [0.1, 0.15) is 11.6 Å². The number of anilines is 1. The van der Waals surface area contributed by atoms with Crippen molar-refractivity contribution in [2.45, 2.75) is 27.2 Å². The summed E-state index contributed by atoms with van der Waals surface area (Å²) >= 11 is 0. The molecule has 1 aromatic carbocycles. The van der Waals surface area contributed by atoms with Crippen LogP contribution in [-0.2, 0) is 7.05 Å². The van der Waals surface area contributed by atoms with Crippen LogP contribution in [0.25, 0.3) is 21.8 Å². The number of pyridine rings is 1. The molecular weight excluding hydrogens is 324 g/mol. The van der Waals surface area contributed by atoms with Gasteiger partial charge in [-0.25, -0.2) is 4.98 Å². The average molecular weight is 354 g/mol. The minimum absolute atomic E-state index is 0.874. The molecule has 140 valence electrons. The van der Waals surface area contributed by atoms with Gasteiger partial charge in [0.2, 0.25) is 0 Å². The Morgan fingerprint density at radius 1 is 1.23 bits per heavy atom. The summed E-state index contributed by atoms with van der Waals surface area (Å²) in [4.78, 5) is 7.15. The number of hydrogen-bond donors (Lipinski definition) is 1. The van der Waals surface area contributed by atoms with Crippen molar-refractivity contribution >= 4 is 27.6 Å². The minimum Gasteiger partial charge on any atom is -0.497 e. The molecule has 0 amide bonds. The number of nitrogens with one attached hydrogen (secondary N) is 1. The van der Waals surface area contributed by atoms with Gasteiger partial charge in [0.25, 0.3) is 0 Å². The Morgan fingerprint density at radius 3 is 2.69 bits per heavy atom. The molecule has 0 fully saturated rings. The van der Waals surface area contributed by atoms with Crippen LogP contribution in [0, 0.1) is 6.92 Å². The van der Waals surface area contributed by atoms with Gasteiger partial charge in [0, 0.05) is 30.7 Å². The van der Waals surface area contributed by atoms with Crippen LogP contribution in [0.3, 0.4) is 0 Å². The molecule has 5 heteroatoms. The van der Waals surface area contributed by atoms with E-state index in [1.807, 2.05) is 12.3 Å². The van der Waals surface area contributed by atoms with Gasteiger partial charge in [-0.15, -0.1) is 0 Å². The van der Waals surface area contributed by atoms with Gasteiger partial charge in [-0.3, -0.25) is 0 Å². The first-order valence-electron chi connectivity index (χ1n) is 9.48. The molecule has 0 saturated heterocycles. The Hall–Kier alpha value is -2.27. The molecule has 0 aliphatic heterocycles. The van der Waals surface area contributed by atoms with Crippen LogP contribution in [0.5, 0.6) is 5.75 Å². The fourth-order valence-electron chi connectivity index (χ4n) is 3.72. The van der Waals surface area contributed by atoms with E-state index >= 15 is 0 Å². The number of rotatable bonds is 8. The fraction of sp³-hybridized carbons (Fsp3) is 0.476. The molecule has 2 heterocycles. The van der Waals surface area contributed by atoms with E-state index < -0.39 is 0 Å². The SMILES string of the molecule is CCN(CC)CCCNc1ncc(C)c2c1c1cc(OC)ccc1n2C. The Labute approximate surface area is 156 Å². The Balaban J connectivity index is 1.95. The molecule has 0 bridgehead atoms. The van der Waals surface area contributed by atoms with E-state index in [2.05, 4.69) is 54.7 Å². The van der Waals surface area contributed by atoms with Crippen LogP contribution in [0.15, 0.2) is 24.4 Å². The van der Waals surface area contributed by atoms with Gasteiger partial charge >= 0.3 is 0 Å². The van der Waals surface area contributed by atoms with Gasteiger partial charge in [-0.1, -0.05) is 13.8 Å². The van der Waals surface area contributed by atoms with Crippen LogP contribution < -0.4 is 10.1 Å². The highest BCUT2D eigenvalue weighted by Crippen LogP contribution is 2.36. The number of aromatic nitrogens is 2. The predicted molar refractivity (Wildman–Crippen MR) is 110 cm³/mol. The molecule has 0 aliphatic carbocycles. The van der Waals surface area contributed by atoms with Crippen molar-refractivity contribution in [1.29, 1.82) is 0 Å². The molecule has 5 nitrogen and oxygen atoms in total. The Morgan fingerprint density at radius 2 is 2.00 bits per heavy atom. The number of methoxy groups -OCH3 is 1. The van der Waals surface area contributed by atoms with Crippen molar-refractivity contribution < 1.29 is 4.74 Å². The zero-order valence-corrected chi connectivity index (χ0v) is 16.6.